The van der Waals surface area contributed by atoms with Crippen LogP contribution in [0.25, 0.3) is 0 Å². The molecule has 3 heteroatoms. The molecule has 21 heavy (non-hydrogen) atoms. The normalized spacial score (nSPS) is 20.5. The van der Waals surface area contributed by atoms with Gasteiger partial charge in [-0.3, -0.25) is 4.79 Å². The highest BCUT2D eigenvalue weighted by atomic mass is 16.1. The van der Waals surface area contributed by atoms with Gasteiger partial charge in [-0.1, -0.05) is 56.5 Å². The monoisotopic (exact) mass is 288 g/mol. The molecule has 1 aromatic rings. The van der Waals surface area contributed by atoms with Gasteiger partial charge in [0.25, 0.3) is 0 Å². The lowest BCUT2D eigenvalue weighted by Gasteiger charge is -2.30. The zero-order chi connectivity index (χ0) is 15.2. The van der Waals surface area contributed by atoms with Crippen LogP contribution in [0.5, 0.6) is 0 Å². The standard InChI is InChI=1S/C18H28N2O/c1-13(17(19)16-11-7-4-8-12-16)18(21)20-14(2)15-9-5-3-6-10-15/h4,7-8,11-15,17H,3,5-6,9-10,19H2,1-2H3,(H,20,21)/t13?,14-,17?/m1/s1. The van der Waals surface area contributed by atoms with Gasteiger partial charge in [0.1, 0.15) is 0 Å². The van der Waals surface area contributed by atoms with Gasteiger partial charge in [0.05, 0.1) is 5.92 Å². The number of hydrogen-bond acceptors (Lipinski definition) is 2. The first kappa shape index (κ1) is 16.0. The average molecular weight is 288 g/mol. The Bertz CT molecular complexity index is 440. The molecule has 0 aromatic heterocycles. The van der Waals surface area contributed by atoms with E-state index >= 15 is 0 Å². The summed E-state index contributed by atoms with van der Waals surface area (Å²) in [5.41, 5.74) is 7.25. The van der Waals surface area contributed by atoms with Crippen LogP contribution in [0.1, 0.15) is 57.6 Å². The third-order valence-electron chi connectivity index (χ3n) is 4.86. The quantitative estimate of drug-likeness (QED) is 0.872. The van der Waals surface area contributed by atoms with Crippen LogP contribution in [0.3, 0.4) is 0 Å². The minimum Gasteiger partial charge on any atom is -0.353 e. The maximum Gasteiger partial charge on any atom is 0.224 e. The number of benzene rings is 1. The Morgan fingerprint density at radius 2 is 1.76 bits per heavy atom. The predicted molar refractivity (Wildman–Crippen MR) is 86.7 cm³/mol. The Hall–Kier alpha value is -1.35. The first-order chi connectivity index (χ1) is 10.1. The summed E-state index contributed by atoms with van der Waals surface area (Å²) in [7, 11) is 0. The molecule has 0 spiro atoms. The maximum absolute atomic E-state index is 12.4. The highest BCUT2D eigenvalue weighted by Crippen LogP contribution is 2.27. The van der Waals surface area contributed by atoms with Crippen LogP contribution in [0.4, 0.5) is 0 Å². The molecule has 1 amide bonds. The summed E-state index contributed by atoms with van der Waals surface area (Å²) in [5, 5.41) is 3.18. The Morgan fingerprint density at radius 3 is 2.38 bits per heavy atom. The van der Waals surface area contributed by atoms with Crippen LogP contribution in [0.15, 0.2) is 30.3 Å². The van der Waals surface area contributed by atoms with Crippen molar-refractivity contribution >= 4 is 5.91 Å². The minimum absolute atomic E-state index is 0.0735. The van der Waals surface area contributed by atoms with Gasteiger partial charge in [0.15, 0.2) is 0 Å². The topological polar surface area (TPSA) is 55.1 Å². The summed E-state index contributed by atoms with van der Waals surface area (Å²) in [6, 6.07) is 9.87. The summed E-state index contributed by atoms with van der Waals surface area (Å²) in [5.74, 6) is 0.491. The molecule has 3 atom stereocenters. The lowest BCUT2D eigenvalue weighted by atomic mass is 9.84. The van der Waals surface area contributed by atoms with Gasteiger partial charge in [-0.2, -0.15) is 0 Å². The van der Waals surface area contributed by atoms with E-state index in [2.05, 4.69) is 12.2 Å². The second kappa shape index (κ2) is 7.60. The fourth-order valence-electron chi connectivity index (χ4n) is 3.23. The molecule has 0 bridgehead atoms. The van der Waals surface area contributed by atoms with Crippen molar-refractivity contribution in [2.75, 3.05) is 0 Å². The Labute approximate surface area is 128 Å². The van der Waals surface area contributed by atoms with Crippen molar-refractivity contribution in [1.82, 2.24) is 5.32 Å². The van der Waals surface area contributed by atoms with Crippen LogP contribution in [-0.4, -0.2) is 11.9 Å². The van der Waals surface area contributed by atoms with Crippen LogP contribution >= 0.6 is 0 Å². The highest BCUT2D eigenvalue weighted by molar-refractivity contribution is 5.79. The molecule has 0 radical (unpaired) electrons. The first-order valence-corrected chi connectivity index (χ1v) is 8.20. The smallest absolute Gasteiger partial charge is 0.224 e. The van der Waals surface area contributed by atoms with Gasteiger partial charge in [-0.05, 0) is 31.2 Å². The summed E-state index contributed by atoms with van der Waals surface area (Å²) in [6.07, 6.45) is 6.40. The van der Waals surface area contributed by atoms with E-state index in [0.29, 0.717) is 5.92 Å². The van der Waals surface area contributed by atoms with Crippen molar-refractivity contribution in [1.29, 1.82) is 0 Å². The molecule has 3 nitrogen and oxygen atoms in total. The molecule has 0 heterocycles. The van der Waals surface area contributed by atoms with E-state index in [0.717, 1.165) is 5.56 Å². The van der Waals surface area contributed by atoms with Gasteiger partial charge in [0.2, 0.25) is 5.91 Å². The van der Waals surface area contributed by atoms with E-state index in [1.54, 1.807) is 0 Å². The molecule has 3 N–H and O–H groups in total. The van der Waals surface area contributed by atoms with E-state index in [4.69, 9.17) is 5.73 Å². The fraction of sp³-hybridized carbons (Fsp3) is 0.611. The van der Waals surface area contributed by atoms with Gasteiger partial charge in [-0.25, -0.2) is 0 Å². The average Bonchev–Trinajstić information content (AvgIpc) is 2.55. The van der Waals surface area contributed by atoms with Crippen molar-refractivity contribution in [3.8, 4) is 0 Å². The van der Waals surface area contributed by atoms with E-state index in [-0.39, 0.29) is 23.9 Å². The van der Waals surface area contributed by atoms with E-state index in [1.165, 1.54) is 32.1 Å². The fourth-order valence-corrected chi connectivity index (χ4v) is 3.23. The van der Waals surface area contributed by atoms with Crippen molar-refractivity contribution < 1.29 is 4.79 Å². The number of rotatable bonds is 5. The van der Waals surface area contributed by atoms with Gasteiger partial charge in [-0.15, -0.1) is 0 Å². The van der Waals surface area contributed by atoms with Gasteiger partial charge >= 0.3 is 0 Å². The molecule has 1 fully saturated rings. The number of carbonyl (C=O) groups excluding carboxylic acids is 1. The van der Waals surface area contributed by atoms with E-state index in [1.807, 2.05) is 37.3 Å². The molecule has 1 aromatic carbocycles. The largest absolute Gasteiger partial charge is 0.353 e. The zero-order valence-corrected chi connectivity index (χ0v) is 13.2. The Balaban J connectivity index is 1.89. The van der Waals surface area contributed by atoms with Crippen molar-refractivity contribution in [2.45, 2.75) is 58.0 Å². The summed E-state index contributed by atoms with van der Waals surface area (Å²) in [4.78, 5) is 12.4. The number of amides is 1. The molecule has 1 aliphatic carbocycles. The molecular formula is C18H28N2O. The lowest BCUT2D eigenvalue weighted by Crippen LogP contribution is -2.43. The molecule has 0 saturated heterocycles. The lowest BCUT2D eigenvalue weighted by molar-refractivity contribution is -0.126. The SMILES string of the molecule is CC(C(=O)N[C@H](C)C1CCCCC1)C(N)c1ccccc1. The second-order valence-corrected chi connectivity index (χ2v) is 6.42. The summed E-state index contributed by atoms with van der Waals surface area (Å²) >= 11 is 0. The molecule has 1 aliphatic rings. The third kappa shape index (κ3) is 4.31. The van der Waals surface area contributed by atoms with Crippen LogP contribution < -0.4 is 11.1 Å². The number of nitrogens with one attached hydrogen (secondary N) is 1. The first-order valence-electron chi connectivity index (χ1n) is 8.20. The van der Waals surface area contributed by atoms with Crippen molar-refractivity contribution in [3.63, 3.8) is 0 Å². The third-order valence-corrected chi connectivity index (χ3v) is 4.86. The second-order valence-electron chi connectivity index (χ2n) is 6.42. The van der Waals surface area contributed by atoms with Gasteiger partial charge < -0.3 is 11.1 Å². The number of carbonyl (C=O) groups is 1. The highest BCUT2D eigenvalue weighted by Gasteiger charge is 2.26. The summed E-state index contributed by atoms with van der Waals surface area (Å²) in [6.45, 7) is 4.05. The van der Waals surface area contributed by atoms with Crippen LogP contribution in [0.2, 0.25) is 0 Å². The maximum atomic E-state index is 12.4. The number of nitrogens with two attached hydrogens (primary N) is 1. The van der Waals surface area contributed by atoms with Crippen molar-refractivity contribution in [3.05, 3.63) is 35.9 Å². The van der Waals surface area contributed by atoms with E-state index in [9.17, 15) is 4.79 Å². The van der Waals surface area contributed by atoms with E-state index < -0.39 is 0 Å². The van der Waals surface area contributed by atoms with Crippen molar-refractivity contribution in [2.24, 2.45) is 17.6 Å². The molecule has 2 unspecified atom stereocenters. The molecule has 2 rings (SSSR count). The predicted octanol–water partition coefficient (Wildman–Crippen LogP) is 3.41. The molecule has 1 saturated carbocycles. The van der Waals surface area contributed by atoms with Gasteiger partial charge in [0, 0.05) is 12.1 Å². The summed E-state index contributed by atoms with van der Waals surface area (Å²) < 4.78 is 0. The molecular weight excluding hydrogens is 260 g/mol. The zero-order valence-electron chi connectivity index (χ0n) is 13.2. The van der Waals surface area contributed by atoms with Crippen LogP contribution in [-0.2, 0) is 4.79 Å². The number of hydrogen-bond donors (Lipinski definition) is 2. The Morgan fingerprint density at radius 1 is 1.14 bits per heavy atom. The van der Waals surface area contributed by atoms with Crippen LogP contribution in [0, 0.1) is 11.8 Å². The molecule has 0 aliphatic heterocycles. The molecule has 116 valence electrons. The minimum atomic E-state index is -0.246. The Kier molecular flexibility index (Phi) is 5.80.